The molecule has 0 atom stereocenters. The van der Waals surface area contributed by atoms with Gasteiger partial charge in [0.05, 0.1) is 28.0 Å². The summed E-state index contributed by atoms with van der Waals surface area (Å²) >= 11 is 0. The number of nitrogens with one attached hydrogen (secondary N) is 1. The molecule has 0 aliphatic rings. The lowest BCUT2D eigenvalue weighted by Crippen LogP contribution is -2.39. The van der Waals surface area contributed by atoms with E-state index in [0.29, 0.717) is 15.6 Å². The van der Waals surface area contributed by atoms with Gasteiger partial charge in [-0.1, -0.05) is 6.07 Å². The lowest BCUT2D eigenvalue weighted by atomic mass is 10.1. The van der Waals surface area contributed by atoms with Crippen molar-refractivity contribution in [3.05, 3.63) is 86.7 Å². The minimum Gasteiger partial charge on any atom is -0.455 e. The Hall–Kier alpha value is -4.59. The molecule has 3 rings (SSSR count). The number of carbonyl (C=O) groups is 1. The molecule has 0 aliphatic heterocycles. The van der Waals surface area contributed by atoms with Gasteiger partial charge in [-0.05, 0) is 30.3 Å². The van der Waals surface area contributed by atoms with Crippen LogP contribution in [0.1, 0.15) is 5.76 Å². The quantitative estimate of drug-likeness (QED) is 0.272. The molecule has 13 nitrogen and oxygen atoms in total. The van der Waals surface area contributed by atoms with Gasteiger partial charge in [-0.2, -0.15) is 5.10 Å². The van der Waals surface area contributed by atoms with E-state index in [1.165, 1.54) is 48.7 Å². The van der Waals surface area contributed by atoms with Gasteiger partial charge in [0.15, 0.2) is 0 Å². The number of sulfonamides is 1. The molecule has 14 heteroatoms. The molecule has 0 spiro atoms. The Morgan fingerprint density at radius 3 is 2.35 bits per heavy atom. The van der Waals surface area contributed by atoms with Crippen molar-refractivity contribution in [1.29, 1.82) is 0 Å². The highest BCUT2D eigenvalue weighted by atomic mass is 32.2. The molecule has 0 saturated carbocycles. The Balaban J connectivity index is 1.66. The van der Waals surface area contributed by atoms with E-state index in [-0.39, 0.29) is 22.8 Å². The summed E-state index contributed by atoms with van der Waals surface area (Å²) in [7, 11) is -3.93. The molecule has 34 heavy (non-hydrogen) atoms. The van der Waals surface area contributed by atoms with Crippen LogP contribution < -0.4 is 9.73 Å². The Morgan fingerprint density at radius 1 is 1.06 bits per heavy atom. The monoisotopic (exact) mass is 487 g/mol. The summed E-state index contributed by atoms with van der Waals surface area (Å²) in [4.78, 5) is 32.7. The van der Waals surface area contributed by atoms with E-state index in [1.54, 1.807) is 12.1 Å². The number of hydrazone groups is 1. The van der Waals surface area contributed by atoms with Crippen molar-refractivity contribution in [2.45, 2.75) is 0 Å². The van der Waals surface area contributed by atoms with Crippen molar-refractivity contribution in [2.24, 2.45) is 5.10 Å². The summed E-state index contributed by atoms with van der Waals surface area (Å²) in [5.74, 6) is -0.126. The van der Waals surface area contributed by atoms with Gasteiger partial charge < -0.3 is 4.42 Å². The number of benzene rings is 2. The molecule has 0 saturated heterocycles. The molecule has 0 bridgehead atoms. The fourth-order valence-corrected chi connectivity index (χ4v) is 3.67. The van der Waals surface area contributed by atoms with Crippen molar-refractivity contribution in [3.63, 3.8) is 0 Å². The highest BCUT2D eigenvalue weighted by Gasteiger charge is 2.22. The second-order valence-corrected chi connectivity index (χ2v) is 8.75. The third kappa shape index (κ3) is 6.01. The van der Waals surface area contributed by atoms with Crippen LogP contribution in [0.15, 0.2) is 70.2 Å². The molecule has 1 aromatic heterocycles. The molecule has 0 fully saturated rings. The first-order valence-electron chi connectivity index (χ1n) is 9.43. The zero-order chi connectivity index (χ0) is 24.9. The summed E-state index contributed by atoms with van der Waals surface area (Å²) in [6.45, 7) is -0.663. The number of furan rings is 1. The van der Waals surface area contributed by atoms with E-state index in [1.807, 2.05) is 0 Å². The van der Waals surface area contributed by atoms with Crippen molar-refractivity contribution >= 4 is 39.2 Å². The van der Waals surface area contributed by atoms with Gasteiger partial charge in [0.1, 0.15) is 18.1 Å². The largest absolute Gasteiger partial charge is 0.455 e. The molecule has 1 N–H and O–H groups in total. The van der Waals surface area contributed by atoms with Crippen LogP contribution in [0.2, 0.25) is 0 Å². The van der Waals surface area contributed by atoms with Crippen LogP contribution in [-0.2, 0) is 14.8 Å². The zero-order valence-electron chi connectivity index (χ0n) is 17.5. The van der Waals surface area contributed by atoms with Gasteiger partial charge in [0.2, 0.25) is 10.0 Å². The van der Waals surface area contributed by atoms with Crippen LogP contribution in [0.5, 0.6) is 0 Å². The lowest BCUT2D eigenvalue weighted by Gasteiger charge is -2.21. The third-order valence-electron chi connectivity index (χ3n) is 4.39. The van der Waals surface area contributed by atoms with Crippen molar-refractivity contribution < 1.29 is 27.5 Å². The fraction of sp³-hybridized carbons (Fsp3) is 0.100. The Kier molecular flexibility index (Phi) is 7.01. The van der Waals surface area contributed by atoms with Gasteiger partial charge >= 0.3 is 0 Å². The van der Waals surface area contributed by atoms with Crippen LogP contribution in [-0.4, -0.2) is 43.2 Å². The van der Waals surface area contributed by atoms with Crippen molar-refractivity contribution in [2.75, 3.05) is 17.1 Å². The lowest BCUT2D eigenvalue weighted by molar-refractivity contribution is -0.385. The summed E-state index contributed by atoms with van der Waals surface area (Å²) in [5, 5.41) is 25.4. The van der Waals surface area contributed by atoms with E-state index < -0.39 is 32.3 Å². The van der Waals surface area contributed by atoms with Gasteiger partial charge in [-0.3, -0.25) is 29.3 Å². The number of hydrogen-bond donors (Lipinski definition) is 1. The van der Waals surface area contributed by atoms with Crippen LogP contribution in [0.4, 0.5) is 17.1 Å². The minimum atomic E-state index is -3.93. The third-order valence-corrected chi connectivity index (χ3v) is 5.53. The average molecular weight is 487 g/mol. The maximum absolute atomic E-state index is 12.2. The first-order valence-corrected chi connectivity index (χ1v) is 11.3. The number of amides is 1. The number of non-ortho nitro benzene ring substituents is 2. The average Bonchev–Trinajstić information content (AvgIpc) is 3.25. The van der Waals surface area contributed by atoms with Gasteiger partial charge in [0.25, 0.3) is 17.3 Å². The number of nitro benzene ring substituents is 2. The topological polar surface area (TPSA) is 178 Å². The van der Waals surface area contributed by atoms with Crippen molar-refractivity contribution in [3.8, 4) is 11.3 Å². The number of anilines is 1. The van der Waals surface area contributed by atoms with Gasteiger partial charge in [-0.25, -0.2) is 13.8 Å². The summed E-state index contributed by atoms with van der Waals surface area (Å²) in [5.41, 5.74) is 2.32. The molecule has 0 radical (unpaired) electrons. The molecular weight excluding hydrogens is 470 g/mol. The molecule has 3 aromatic rings. The van der Waals surface area contributed by atoms with Crippen LogP contribution >= 0.6 is 0 Å². The molecule has 1 heterocycles. The van der Waals surface area contributed by atoms with Gasteiger partial charge in [-0.15, -0.1) is 0 Å². The van der Waals surface area contributed by atoms with E-state index in [2.05, 4.69) is 10.5 Å². The van der Waals surface area contributed by atoms with Crippen LogP contribution in [0.3, 0.4) is 0 Å². The van der Waals surface area contributed by atoms with Gasteiger partial charge in [0, 0.05) is 29.8 Å². The first kappa shape index (κ1) is 24.1. The first-order chi connectivity index (χ1) is 16.0. The number of nitrogens with zero attached hydrogens (tertiary/aromatic N) is 4. The minimum absolute atomic E-state index is 0.0467. The molecular formula is C20H17N5O8S. The molecule has 0 unspecified atom stereocenters. The molecule has 2 aromatic carbocycles. The van der Waals surface area contributed by atoms with E-state index >= 15 is 0 Å². The second-order valence-electron chi connectivity index (χ2n) is 6.85. The Bertz CT molecular complexity index is 1370. The predicted molar refractivity (Wildman–Crippen MR) is 122 cm³/mol. The predicted octanol–water partition coefficient (Wildman–Crippen LogP) is 2.68. The maximum atomic E-state index is 12.2. The van der Waals surface area contributed by atoms with E-state index in [9.17, 15) is 33.4 Å². The number of carbonyl (C=O) groups excluding carboxylic acids is 1. The van der Waals surface area contributed by atoms with Crippen LogP contribution in [0.25, 0.3) is 11.3 Å². The zero-order valence-corrected chi connectivity index (χ0v) is 18.3. The Labute approximate surface area is 192 Å². The summed E-state index contributed by atoms with van der Waals surface area (Å²) in [6, 6.07) is 13.7. The highest BCUT2D eigenvalue weighted by molar-refractivity contribution is 7.92. The number of rotatable bonds is 9. The fourth-order valence-electron chi connectivity index (χ4n) is 2.82. The van der Waals surface area contributed by atoms with Crippen LogP contribution in [0, 0.1) is 20.2 Å². The summed E-state index contributed by atoms with van der Waals surface area (Å²) in [6.07, 6.45) is 2.05. The second kappa shape index (κ2) is 9.91. The normalized spacial score (nSPS) is 11.3. The molecule has 176 valence electrons. The van der Waals surface area contributed by atoms with E-state index in [0.717, 1.165) is 12.3 Å². The Morgan fingerprint density at radius 2 is 1.74 bits per heavy atom. The number of hydrogen-bond acceptors (Lipinski definition) is 9. The highest BCUT2D eigenvalue weighted by Crippen LogP contribution is 2.24. The summed E-state index contributed by atoms with van der Waals surface area (Å²) < 4.78 is 30.5. The SMILES string of the molecule is CS(=O)(=O)N(CC(=O)N/N=C\c1ccc(-c2ccc([N+](=O)[O-])cc2)o1)c1cccc([N+](=O)[O-])c1. The van der Waals surface area contributed by atoms with Crippen molar-refractivity contribution in [1.82, 2.24) is 5.43 Å². The number of nitro groups is 2. The molecule has 0 aliphatic carbocycles. The standard InChI is InChI=1S/C20H17N5O8S/c1-34(31,32)23(16-3-2-4-17(11-16)25(29)30)13-20(26)22-21-12-18-9-10-19(33-18)14-5-7-15(8-6-14)24(27)28/h2-12H,13H2,1H3,(H,22,26)/b21-12-. The van der Waals surface area contributed by atoms with E-state index in [4.69, 9.17) is 4.42 Å². The maximum Gasteiger partial charge on any atom is 0.271 e. The smallest absolute Gasteiger partial charge is 0.271 e. The molecule has 1 amide bonds.